The van der Waals surface area contributed by atoms with Crippen LogP contribution >= 0.6 is 0 Å². The normalized spacial score (nSPS) is 13.4. The molecule has 0 spiro atoms. The minimum Gasteiger partial charge on any atom is -0.306 e. The summed E-state index contributed by atoms with van der Waals surface area (Å²) in [5.74, 6) is 0. The molecular weight excluding hydrogens is 324 g/mol. The highest BCUT2D eigenvalue weighted by Crippen LogP contribution is 2.19. The zero-order valence-corrected chi connectivity index (χ0v) is 15.5. The number of sulfonamides is 1. The molecule has 0 amide bonds. The quantitative estimate of drug-likeness (QED) is 0.793. The van der Waals surface area contributed by atoms with E-state index in [2.05, 4.69) is 17.3 Å². The van der Waals surface area contributed by atoms with Gasteiger partial charge >= 0.3 is 0 Å². The number of hydrogen-bond acceptors (Lipinski definition) is 4. The van der Waals surface area contributed by atoms with E-state index < -0.39 is 10.0 Å². The van der Waals surface area contributed by atoms with Gasteiger partial charge in [0.25, 0.3) is 0 Å². The molecule has 0 aliphatic heterocycles. The molecule has 0 aliphatic rings. The lowest BCUT2D eigenvalue weighted by atomic mass is 10.1. The van der Waals surface area contributed by atoms with Gasteiger partial charge < -0.3 is 5.32 Å². The molecule has 0 radical (unpaired) electrons. The first-order chi connectivity index (χ1) is 11.4. The summed E-state index contributed by atoms with van der Waals surface area (Å²) in [5, 5.41) is 7.56. The van der Waals surface area contributed by atoms with E-state index in [1.165, 1.54) is 4.31 Å². The third-order valence-electron chi connectivity index (χ3n) is 4.09. The number of benzene rings is 1. The maximum absolute atomic E-state index is 12.5. The van der Waals surface area contributed by atoms with Gasteiger partial charge in [-0.05, 0) is 24.6 Å². The van der Waals surface area contributed by atoms with Gasteiger partial charge in [0.1, 0.15) is 0 Å². The number of nitrogens with one attached hydrogen (secondary N) is 1. The minimum absolute atomic E-state index is 0.121. The number of aromatic nitrogens is 2. The van der Waals surface area contributed by atoms with Crippen LogP contribution in [0.15, 0.2) is 41.6 Å². The zero-order valence-electron chi connectivity index (χ0n) is 14.7. The molecule has 0 saturated carbocycles. The van der Waals surface area contributed by atoms with Crippen LogP contribution in [0.3, 0.4) is 0 Å². The average molecular weight is 350 g/mol. The van der Waals surface area contributed by atoms with Gasteiger partial charge in [0.15, 0.2) is 0 Å². The van der Waals surface area contributed by atoms with Crippen LogP contribution in [0.1, 0.15) is 37.9 Å². The summed E-state index contributed by atoms with van der Waals surface area (Å²) >= 11 is 0. The Labute approximate surface area is 144 Å². The molecule has 24 heavy (non-hydrogen) atoms. The van der Waals surface area contributed by atoms with Crippen LogP contribution in [0.5, 0.6) is 0 Å². The number of hydrogen-bond donors (Lipinski definition) is 1. The van der Waals surface area contributed by atoms with E-state index in [1.807, 2.05) is 45.4 Å². The lowest BCUT2D eigenvalue weighted by molar-refractivity contribution is 0.445. The molecule has 7 heteroatoms. The van der Waals surface area contributed by atoms with E-state index in [0.717, 1.165) is 11.1 Å². The molecule has 0 saturated heterocycles. The van der Waals surface area contributed by atoms with Crippen LogP contribution in [0.25, 0.3) is 0 Å². The summed E-state index contributed by atoms with van der Waals surface area (Å²) in [6, 6.07) is 7.24. The molecule has 1 N–H and O–H groups in total. The fourth-order valence-corrected chi connectivity index (χ4v) is 4.05. The van der Waals surface area contributed by atoms with E-state index >= 15 is 0 Å². The SMILES string of the molecule is CCN(CC)S(=O)(=O)c1ccc(C(C)NCc2cnn(C)c2)cc1. The Balaban J connectivity index is 2.05. The van der Waals surface area contributed by atoms with E-state index in [-0.39, 0.29) is 6.04 Å². The summed E-state index contributed by atoms with van der Waals surface area (Å²) in [5.41, 5.74) is 2.17. The Morgan fingerprint density at radius 2 is 1.83 bits per heavy atom. The topological polar surface area (TPSA) is 67.2 Å². The van der Waals surface area contributed by atoms with E-state index in [0.29, 0.717) is 24.5 Å². The van der Waals surface area contributed by atoms with Gasteiger partial charge in [-0.15, -0.1) is 0 Å². The van der Waals surface area contributed by atoms with Crippen LogP contribution in [-0.2, 0) is 23.6 Å². The Hall–Kier alpha value is -1.70. The van der Waals surface area contributed by atoms with Gasteiger partial charge in [-0.1, -0.05) is 26.0 Å². The third-order valence-corrected chi connectivity index (χ3v) is 6.16. The van der Waals surface area contributed by atoms with Crippen LogP contribution in [0.4, 0.5) is 0 Å². The molecule has 0 bridgehead atoms. The standard InChI is InChI=1S/C17H26N4O2S/c1-5-21(6-2)24(22,23)17-9-7-16(8-10-17)14(3)18-11-15-12-19-20(4)13-15/h7-10,12-14,18H,5-6,11H2,1-4H3. The van der Waals surface area contributed by atoms with E-state index in [4.69, 9.17) is 0 Å². The fraction of sp³-hybridized carbons (Fsp3) is 0.471. The molecule has 0 fully saturated rings. The van der Waals surface area contributed by atoms with E-state index in [9.17, 15) is 8.42 Å². The smallest absolute Gasteiger partial charge is 0.243 e. The summed E-state index contributed by atoms with van der Waals surface area (Å²) in [7, 11) is -1.50. The summed E-state index contributed by atoms with van der Waals surface area (Å²) in [6.07, 6.45) is 3.80. The molecule has 132 valence electrons. The summed E-state index contributed by atoms with van der Waals surface area (Å²) in [4.78, 5) is 0.342. The van der Waals surface area contributed by atoms with Crippen molar-refractivity contribution >= 4 is 10.0 Å². The second kappa shape index (κ2) is 7.92. The largest absolute Gasteiger partial charge is 0.306 e. The maximum Gasteiger partial charge on any atom is 0.243 e. The molecule has 1 aromatic heterocycles. The van der Waals surface area contributed by atoms with Gasteiger partial charge in [-0.2, -0.15) is 9.40 Å². The lowest BCUT2D eigenvalue weighted by Crippen LogP contribution is -2.30. The average Bonchev–Trinajstić information content (AvgIpc) is 2.99. The Bertz CT molecular complexity index is 749. The molecule has 1 aromatic carbocycles. The van der Waals surface area contributed by atoms with Crippen LogP contribution in [0.2, 0.25) is 0 Å². The maximum atomic E-state index is 12.5. The van der Waals surface area contributed by atoms with Gasteiger partial charge in [-0.3, -0.25) is 4.68 Å². The Morgan fingerprint density at radius 1 is 1.21 bits per heavy atom. The van der Waals surface area contributed by atoms with Crippen LogP contribution < -0.4 is 5.32 Å². The zero-order chi connectivity index (χ0) is 17.7. The molecule has 1 heterocycles. The lowest BCUT2D eigenvalue weighted by Gasteiger charge is -2.19. The highest BCUT2D eigenvalue weighted by atomic mass is 32.2. The third kappa shape index (κ3) is 4.23. The van der Waals surface area contributed by atoms with Crippen molar-refractivity contribution in [1.82, 2.24) is 19.4 Å². The second-order valence-electron chi connectivity index (χ2n) is 5.78. The fourth-order valence-electron chi connectivity index (χ4n) is 2.59. The van der Waals surface area contributed by atoms with Crippen LogP contribution in [0, 0.1) is 0 Å². The molecule has 2 rings (SSSR count). The van der Waals surface area contributed by atoms with Crippen molar-refractivity contribution in [3.63, 3.8) is 0 Å². The first-order valence-electron chi connectivity index (χ1n) is 8.19. The highest BCUT2D eigenvalue weighted by molar-refractivity contribution is 7.89. The van der Waals surface area contributed by atoms with Gasteiger partial charge in [0, 0.05) is 44.5 Å². The first kappa shape index (κ1) is 18.6. The van der Waals surface area contributed by atoms with Gasteiger partial charge in [-0.25, -0.2) is 8.42 Å². The monoisotopic (exact) mass is 350 g/mol. The molecule has 0 aliphatic carbocycles. The van der Waals surface area contributed by atoms with Crippen molar-refractivity contribution in [2.24, 2.45) is 7.05 Å². The Morgan fingerprint density at radius 3 is 2.33 bits per heavy atom. The Kier molecular flexibility index (Phi) is 6.15. The molecule has 6 nitrogen and oxygen atoms in total. The predicted molar refractivity (Wildman–Crippen MR) is 95.0 cm³/mol. The predicted octanol–water partition coefficient (Wildman–Crippen LogP) is 2.30. The first-order valence-corrected chi connectivity index (χ1v) is 9.63. The van der Waals surface area contributed by atoms with E-state index in [1.54, 1.807) is 16.8 Å². The molecular formula is C17H26N4O2S. The number of aryl methyl sites for hydroxylation is 1. The number of nitrogens with zero attached hydrogens (tertiary/aromatic N) is 3. The highest BCUT2D eigenvalue weighted by Gasteiger charge is 2.21. The van der Waals surface area contributed by atoms with Crippen LogP contribution in [-0.4, -0.2) is 35.6 Å². The van der Waals surface area contributed by atoms with Crippen molar-refractivity contribution in [2.75, 3.05) is 13.1 Å². The number of rotatable bonds is 8. The molecule has 1 unspecified atom stereocenters. The summed E-state index contributed by atoms with van der Waals surface area (Å²) < 4.78 is 28.2. The molecule has 1 atom stereocenters. The van der Waals surface area contributed by atoms with Crippen molar-refractivity contribution in [3.05, 3.63) is 47.8 Å². The van der Waals surface area contributed by atoms with Crippen molar-refractivity contribution < 1.29 is 8.42 Å². The second-order valence-corrected chi connectivity index (χ2v) is 7.72. The minimum atomic E-state index is -3.39. The van der Waals surface area contributed by atoms with Gasteiger partial charge in [0.05, 0.1) is 11.1 Å². The van der Waals surface area contributed by atoms with Crippen molar-refractivity contribution in [3.8, 4) is 0 Å². The van der Waals surface area contributed by atoms with Crippen molar-refractivity contribution in [1.29, 1.82) is 0 Å². The van der Waals surface area contributed by atoms with Crippen molar-refractivity contribution in [2.45, 2.75) is 38.3 Å². The van der Waals surface area contributed by atoms with Gasteiger partial charge in [0.2, 0.25) is 10.0 Å². The summed E-state index contributed by atoms with van der Waals surface area (Å²) in [6.45, 7) is 7.42. The molecule has 2 aromatic rings.